The van der Waals surface area contributed by atoms with E-state index >= 15 is 0 Å². The number of thioether (sulfide) groups is 1. The van der Waals surface area contributed by atoms with E-state index in [1.165, 1.54) is 11.8 Å². The van der Waals surface area contributed by atoms with Crippen LogP contribution in [0, 0.1) is 0 Å². The zero-order chi connectivity index (χ0) is 18.1. The van der Waals surface area contributed by atoms with E-state index in [9.17, 15) is 9.59 Å². The summed E-state index contributed by atoms with van der Waals surface area (Å²) in [5.41, 5.74) is 1.60. The summed E-state index contributed by atoms with van der Waals surface area (Å²) in [5.74, 6) is 0.287. The number of carbonyl (C=O) groups is 2. The van der Waals surface area contributed by atoms with Gasteiger partial charge >= 0.3 is 0 Å². The fourth-order valence-electron chi connectivity index (χ4n) is 2.24. The molecule has 0 fully saturated rings. The molecular formula is C20H24N2O2S. The summed E-state index contributed by atoms with van der Waals surface area (Å²) in [6, 6.07) is 17.4. The van der Waals surface area contributed by atoms with Crippen LogP contribution in [0.3, 0.4) is 0 Å². The number of rotatable bonds is 8. The van der Waals surface area contributed by atoms with Gasteiger partial charge in [0.25, 0.3) is 0 Å². The fourth-order valence-corrected chi connectivity index (χ4v) is 2.95. The lowest BCUT2D eigenvalue weighted by Crippen LogP contribution is -2.33. The van der Waals surface area contributed by atoms with E-state index in [4.69, 9.17) is 0 Å². The summed E-state index contributed by atoms with van der Waals surface area (Å²) >= 11 is 1.50. The Labute approximate surface area is 153 Å². The van der Waals surface area contributed by atoms with Crippen molar-refractivity contribution < 1.29 is 9.59 Å². The van der Waals surface area contributed by atoms with Gasteiger partial charge in [-0.05, 0) is 43.2 Å². The second kappa shape index (κ2) is 9.89. The molecule has 0 bridgehead atoms. The topological polar surface area (TPSA) is 58.2 Å². The van der Waals surface area contributed by atoms with Crippen LogP contribution in [0.1, 0.15) is 25.8 Å². The minimum Gasteiger partial charge on any atom is -0.353 e. The molecule has 0 saturated carbocycles. The Kier molecular flexibility index (Phi) is 7.54. The molecule has 0 spiro atoms. The number of anilines is 1. The lowest BCUT2D eigenvalue weighted by molar-refractivity contribution is -0.121. The standard InChI is InChI=1S/C20H24N2O2S/c1-3-15(2)21-19(23)13-16-8-7-9-17(12-16)22-20(24)14-25-18-10-5-4-6-11-18/h4-12,15H,3,13-14H2,1-2H3,(H,21,23)(H,22,24). The zero-order valence-corrected chi connectivity index (χ0v) is 15.4. The maximum absolute atomic E-state index is 12.1. The molecule has 2 amide bonds. The third-order valence-corrected chi connectivity index (χ3v) is 4.72. The SMILES string of the molecule is CCC(C)NC(=O)Cc1cccc(NC(=O)CSc2ccccc2)c1. The Bertz CT molecular complexity index is 704. The first-order valence-electron chi connectivity index (χ1n) is 8.43. The molecule has 25 heavy (non-hydrogen) atoms. The van der Waals surface area contributed by atoms with Crippen molar-refractivity contribution in [2.45, 2.75) is 37.6 Å². The summed E-state index contributed by atoms with van der Waals surface area (Å²) < 4.78 is 0. The largest absolute Gasteiger partial charge is 0.353 e. The van der Waals surface area contributed by atoms with Crippen LogP contribution in [0.2, 0.25) is 0 Å². The van der Waals surface area contributed by atoms with E-state index in [0.29, 0.717) is 17.9 Å². The highest BCUT2D eigenvalue weighted by Gasteiger charge is 2.08. The van der Waals surface area contributed by atoms with Crippen molar-refractivity contribution in [1.82, 2.24) is 5.32 Å². The van der Waals surface area contributed by atoms with Crippen LogP contribution in [-0.2, 0) is 16.0 Å². The van der Waals surface area contributed by atoms with E-state index in [2.05, 4.69) is 10.6 Å². The van der Waals surface area contributed by atoms with Crippen molar-refractivity contribution in [3.8, 4) is 0 Å². The van der Waals surface area contributed by atoms with E-state index in [1.807, 2.05) is 68.4 Å². The Balaban J connectivity index is 1.85. The molecule has 0 aromatic heterocycles. The summed E-state index contributed by atoms with van der Waals surface area (Å²) in [6.07, 6.45) is 1.22. The van der Waals surface area contributed by atoms with Crippen molar-refractivity contribution in [3.63, 3.8) is 0 Å². The predicted molar refractivity (Wildman–Crippen MR) is 104 cm³/mol. The van der Waals surface area contributed by atoms with Gasteiger partial charge in [-0.25, -0.2) is 0 Å². The van der Waals surface area contributed by atoms with E-state index in [1.54, 1.807) is 0 Å². The fraction of sp³-hybridized carbons (Fsp3) is 0.300. The average Bonchev–Trinajstić information content (AvgIpc) is 2.61. The van der Waals surface area contributed by atoms with Gasteiger partial charge in [-0.2, -0.15) is 0 Å². The molecule has 2 N–H and O–H groups in total. The Morgan fingerprint density at radius 2 is 1.80 bits per heavy atom. The predicted octanol–water partition coefficient (Wildman–Crippen LogP) is 3.87. The van der Waals surface area contributed by atoms with Crippen LogP contribution in [-0.4, -0.2) is 23.6 Å². The summed E-state index contributed by atoms with van der Waals surface area (Å²) in [5, 5.41) is 5.83. The normalized spacial score (nSPS) is 11.6. The zero-order valence-electron chi connectivity index (χ0n) is 14.6. The Hall–Kier alpha value is -2.27. The minimum absolute atomic E-state index is 0.00235. The quantitative estimate of drug-likeness (QED) is 0.706. The van der Waals surface area contributed by atoms with Gasteiger partial charge in [0.05, 0.1) is 12.2 Å². The summed E-state index contributed by atoms with van der Waals surface area (Å²) in [6.45, 7) is 4.02. The van der Waals surface area contributed by atoms with Crippen LogP contribution >= 0.6 is 11.8 Å². The number of amides is 2. The second-order valence-corrected chi connectivity index (χ2v) is 6.95. The highest BCUT2D eigenvalue weighted by Crippen LogP contribution is 2.18. The molecule has 0 aliphatic carbocycles. The number of hydrogen-bond donors (Lipinski definition) is 2. The molecule has 0 saturated heterocycles. The lowest BCUT2D eigenvalue weighted by Gasteiger charge is -2.12. The summed E-state index contributed by atoms with van der Waals surface area (Å²) in [4.78, 5) is 25.1. The number of nitrogens with one attached hydrogen (secondary N) is 2. The van der Waals surface area contributed by atoms with Gasteiger partial charge in [0.2, 0.25) is 11.8 Å². The molecule has 2 aromatic rings. The van der Waals surface area contributed by atoms with E-state index in [-0.39, 0.29) is 17.9 Å². The first kappa shape index (κ1) is 19.1. The van der Waals surface area contributed by atoms with Crippen LogP contribution < -0.4 is 10.6 Å². The average molecular weight is 356 g/mol. The lowest BCUT2D eigenvalue weighted by atomic mass is 10.1. The number of hydrogen-bond acceptors (Lipinski definition) is 3. The molecular weight excluding hydrogens is 332 g/mol. The van der Waals surface area contributed by atoms with Gasteiger partial charge in [-0.1, -0.05) is 37.3 Å². The number of carbonyl (C=O) groups excluding carboxylic acids is 2. The minimum atomic E-state index is -0.0601. The summed E-state index contributed by atoms with van der Waals surface area (Å²) in [7, 11) is 0. The molecule has 2 aromatic carbocycles. The molecule has 1 atom stereocenters. The van der Waals surface area contributed by atoms with E-state index < -0.39 is 0 Å². The van der Waals surface area contributed by atoms with Crippen LogP contribution in [0.4, 0.5) is 5.69 Å². The van der Waals surface area contributed by atoms with Crippen LogP contribution in [0.5, 0.6) is 0 Å². The van der Waals surface area contributed by atoms with Crippen molar-refractivity contribution in [2.75, 3.05) is 11.1 Å². The first-order chi connectivity index (χ1) is 12.1. The molecule has 5 heteroatoms. The monoisotopic (exact) mass is 356 g/mol. The van der Waals surface area contributed by atoms with Crippen molar-refractivity contribution in [2.24, 2.45) is 0 Å². The molecule has 132 valence electrons. The molecule has 4 nitrogen and oxygen atoms in total. The van der Waals surface area contributed by atoms with Crippen LogP contribution in [0.15, 0.2) is 59.5 Å². The molecule has 1 unspecified atom stereocenters. The van der Waals surface area contributed by atoms with Gasteiger partial charge < -0.3 is 10.6 Å². The maximum Gasteiger partial charge on any atom is 0.234 e. The second-order valence-electron chi connectivity index (χ2n) is 5.90. The highest BCUT2D eigenvalue weighted by atomic mass is 32.2. The smallest absolute Gasteiger partial charge is 0.234 e. The molecule has 0 aliphatic heterocycles. The first-order valence-corrected chi connectivity index (χ1v) is 9.41. The van der Waals surface area contributed by atoms with E-state index in [0.717, 1.165) is 16.9 Å². The van der Waals surface area contributed by atoms with Crippen molar-refractivity contribution in [3.05, 3.63) is 60.2 Å². The van der Waals surface area contributed by atoms with Crippen molar-refractivity contribution >= 4 is 29.3 Å². The third kappa shape index (κ3) is 7.01. The Morgan fingerprint density at radius 3 is 2.52 bits per heavy atom. The molecule has 0 aliphatic rings. The van der Waals surface area contributed by atoms with Crippen LogP contribution in [0.25, 0.3) is 0 Å². The molecule has 0 heterocycles. The maximum atomic E-state index is 12.1. The van der Waals surface area contributed by atoms with Gasteiger partial charge in [0.15, 0.2) is 0 Å². The Morgan fingerprint density at radius 1 is 1.04 bits per heavy atom. The number of benzene rings is 2. The van der Waals surface area contributed by atoms with Gasteiger partial charge in [0.1, 0.15) is 0 Å². The van der Waals surface area contributed by atoms with Gasteiger partial charge in [-0.15, -0.1) is 11.8 Å². The van der Waals surface area contributed by atoms with Crippen molar-refractivity contribution in [1.29, 1.82) is 0 Å². The highest BCUT2D eigenvalue weighted by molar-refractivity contribution is 8.00. The van der Waals surface area contributed by atoms with Gasteiger partial charge in [0, 0.05) is 16.6 Å². The van der Waals surface area contributed by atoms with Gasteiger partial charge in [-0.3, -0.25) is 9.59 Å². The molecule has 0 radical (unpaired) electrons. The molecule has 2 rings (SSSR count). The third-order valence-electron chi connectivity index (χ3n) is 3.71.